The van der Waals surface area contributed by atoms with Gasteiger partial charge in [-0.25, -0.2) is 0 Å². The smallest absolute Gasteiger partial charge is 0.308 e. The van der Waals surface area contributed by atoms with Gasteiger partial charge < -0.3 is 14.2 Å². The van der Waals surface area contributed by atoms with Crippen LogP contribution < -0.4 is 0 Å². The molecule has 20 heavy (non-hydrogen) atoms. The van der Waals surface area contributed by atoms with Gasteiger partial charge in [-0.05, 0) is 20.8 Å². The summed E-state index contributed by atoms with van der Waals surface area (Å²) in [4.78, 5) is 21.7. The van der Waals surface area contributed by atoms with Crippen LogP contribution >= 0.6 is 0 Å². The van der Waals surface area contributed by atoms with E-state index in [1.165, 1.54) is 0 Å². The summed E-state index contributed by atoms with van der Waals surface area (Å²) < 4.78 is 14.8. The third-order valence-electron chi connectivity index (χ3n) is 2.16. The van der Waals surface area contributed by atoms with Crippen molar-refractivity contribution in [3.63, 3.8) is 0 Å². The third-order valence-corrected chi connectivity index (χ3v) is 2.16. The number of epoxide rings is 1. The van der Waals surface area contributed by atoms with Crippen molar-refractivity contribution < 1.29 is 23.8 Å². The standard InChI is InChI=1S/C8H16O2.C7H12O3/c1-6(2)7(9)10-8(3,4)5;1-5(2)7(8)10-4-6-3-9-6/h6H,1-5H3;5-6H,3-4H2,1-2H3. The first-order valence-electron chi connectivity index (χ1n) is 7.04. The maximum Gasteiger partial charge on any atom is 0.308 e. The van der Waals surface area contributed by atoms with Gasteiger partial charge in [-0.15, -0.1) is 0 Å². The Kier molecular flexibility index (Phi) is 7.79. The predicted octanol–water partition coefficient (Wildman–Crippen LogP) is 2.57. The van der Waals surface area contributed by atoms with Crippen LogP contribution in [0.4, 0.5) is 0 Å². The van der Waals surface area contributed by atoms with E-state index >= 15 is 0 Å². The van der Waals surface area contributed by atoms with Crippen LogP contribution in [0.2, 0.25) is 0 Å². The van der Waals surface area contributed by atoms with Gasteiger partial charge in [0.15, 0.2) is 0 Å². The van der Waals surface area contributed by atoms with Crippen molar-refractivity contribution in [2.24, 2.45) is 11.8 Å². The molecule has 5 nitrogen and oxygen atoms in total. The number of carbonyl (C=O) groups is 2. The second-order valence-electron chi connectivity index (χ2n) is 6.43. The van der Waals surface area contributed by atoms with Crippen molar-refractivity contribution in [1.29, 1.82) is 0 Å². The lowest BCUT2D eigenvalue weighted by molar-refractivity contribution is -0.158. The molecule has 0 radical (unpaired) electrons. The number of esters is 2. The van der Waals surface area contributed by atoms with Crippen molar-refractivity contribution in [1.82, 2.24) is 0 Å². The fourth-order valence-electron chi connectivity index (χ4n) is 0.926. The van der Waals surface area contributed by atoms with Crippen LogP contribution in [0, 0.1) is 11.8 Å². The molecule has 1 aliphatic rings. The Bertz CT molecular complexity index is 311. The summed E-state index contributed by atoms with van der Waals surface area (Å²) in [6.07, 6.45) is 0.183. The molecule has 5 heteroatoms. The Hall–Kier alpha value is -1.10. The zero-order valence-electron chi connectivity index (χ0n) is 13.7. The molecule has 1 rings (SSSR count). The molecule has 0 aromatic rings. The lowest BCUT2D eigenvalue weighted by atomic mass is 10.1. The highest BCUT2D eigenvalue weighted by molar-refractivity contribution is 5.72. The van der Waals surface area contributed by atoms with E-state index in [1.54, 1.807) is 0 Å². The van der Waals surface area contributed by atoms with Gasteiger partial charge >= 0.3 is 11.9 Å². The van der Waals surface area contributed by atoms with Crippen LogP contribution in [0.25, 0.3) is 0 Å². The van der Waals surface area contributed by atoms with E-state index in [0.29, 0.717) is 6.61 Å². The summed E-state index contributed by atoms with van der Waals surface area (Å²) in [5.41, 5.74) is -0.346. The fraction of sp³-hybridized carbons (Fsp3) is 0.867. The lowest BCUT2D eigenvalue weighted by Crippen LogP contribution is -2.26. The predicted molar refractivity (Wildman–Crippen MR) is 76.2 cm³/mol. The molecule has 1 saturated heterocycles. The number of ether oxygens (including phenoxy) is 3. The van der Waals surface area contributed by atoms with Gasteiger partial charge in [0.25, 0.3) is 0 Å². The SMILES string of the molecule is CC(C)C(=O)OC(C)(C)C.CC(C)C(=O)OCC1CO1. The van der Waals surface area contributed by atoms with E-state index < -0.39 is 0 Å². The van der Waals surface area contributed by atoms with Crippen molar-refractivity contribution >= 4 is 11.9 Å². The van der Waals surface area contributed by atoms with Gasteiger partial charge in [0.2, 0.25) is 0 Å². The highest BCUT2D eigenvalue weighted by atomic mass is 16.6. The first-order valence-corrected chi connectivity index (χ1v) is 7.04. The van der Waals surface area contributed by atoms with Gasteiger partial charge in [-0.3, -0.25) is 9.59 Å². The fourth-order valence-corrected chi connectivity index (χ4v) is 0.926. The largest absolute Gasteiger partial charge is 0.463 e. The average molecular weight is 288 g/mol. The first-order chi connectivity index (χ1) is 9.03. The van der Waals surface area contributed by atoms with Gasteiger partial charge in [-0.2, -0.15) is 0 Å². The van der Waals surface area contributed by atoms with Gasteiger partial charge in [0, 0.05) is 0 Å². The number of rotatable bonds is 4. The van der Waals surface area contributed by atoms with Crippen LogP contribution in [-0.2, 0) is 23.8 Å². The van der Waals surface area contributed by atoms with E-state index in [-0.39, 0.29) is 35.5 Å². The minimum Gasteiger partial charge on any atom is -0.463 e. The van der Waals surface area contributed by atoms with Crippen molar-refractivity contribution in [2.45, 2.75) is 60.2 Å². The molecule has 1 unspecified atom stereocenters. The molecule has 0 aromatic carbocycles. The molecule has 0 saturated carbocycles. The summed E-state index contributed by atoms with van der Waals surface area (Å²) >= 11 is 0. The minimum atomic E-state index is -0.346. The molecular weight excluding hydrogens is 260 g/mol. The molecule has 0 aromatic heterocycles. The van der Waals surface area contributed by atoms with Crippen LogP contribution in [0.1, 0.15) is 48.5 Å². The van der Waals surface area contributed by atoms with Gasteiger partial charge in [-0.1, -0.05) is 27.7 Å². The molecule has 0 bridgehead atoms. The van der Waals surface area contributed by atoms with Gasteiger partial charge in [0.05, 0.1) is 18.4 Å². The molecule has 1 fully saturated rings. The molecular formula is C15H28O5. The van der Waals surface area contributed by atoms with E-state index in [1.807, 2.05) is 48.5 Å². The first kappa shape index (κ1) is 18.9. The second-order valence-corrected chi connectivity index (χ2v) is 6.43. The quantitative estimate of drug-likeness (QED) is 0.587. The maximum atomic E-state index is 10.9. The molecule has 0 spiro atoms. The van der Waals surface area contributed by atoms with Crippen LogP contribution in [-0.4, -0.2) is 36.9 Å². The maximum absolute atomic E-state index is 10.9. The van der Waals surface area contributed by atoms with E-state index in [2.05, 4.69) is 0 Å². The lowest BCUT2D eigenvalue weighted by Gasteiger charge is -2.20. The van der Waals surface area contributed by atoms with Crippen molar-refractivity contribution in [3.8, 4) is 0 Å². The molecule has 1 aliphatic heterocycles. The molecule has 0 N–H and O–H groups in total. The minimum absolute atomic E-state index is 0.0285. The van der Waals surface area contributed by atoms with Crippen LogP contribution in [0.5, 0.6) is 0 Å². The Morgan fingerprint density at radius 2 is 1.55 bits per heavy atom. The highest BCUT2D eigenvalue weighted by Gasteiger charge is 2.24. The number of hydrogen-bond donors (Lipinski definition) is 0. The summed E-state index contributed by atoms with van der Waals surface area (Å²) in [7, 11) is 0. The van der Waals surface area contributed by atoms with Crippen LogP contribution in [0.15, 0.2) is 0 Å². The molecule has 0 aliphatic carbocycles. The zero-order valence-corrected chi connectivity index (χ0v) is 13.7. The monoisotopic (exact) mass is 288 g/mol. The second kappa shape index (κ2) is 8.25. The summed E-state index contributed by atoms with van der Waals surface area (Å²) in [5, 5.41) is 0. The Morgan fingerprint density at radius 1 is 1.10 bits per heavy atom. The molecule has 118 valence electrons. The number of hydrogen-bond acceptors (Lipinski definition) is 5. The summed E-state index contributed by atoms with van der Waals surface area (Å²) in [6.45, 7) is 14.1. The summed E-state index contributed by atoms with van der Waals surface area (Å²) in [6, 6.07) is 0. The van der Waals surface area contributed by atoms with Crippen LogP contribution in [0.3, 0.4) is 0 Å². The molecule has 0 amide bonds. The zero-order chi connectivity index (χ0) is 15.9. The average Bonchev–Trinajstić information content (AvgIpc) is 3.07. The number of carbonyl (C=O) groups excluding carboxylic acids is 2. The highest BCUT2D eigenvalue weighted by Crippen LogP contribution is 2.10. The van der Waals surface area contributed by atoms with E-state index in [0.717, 1.165) is 6.61 Å². The molecule has 1 atom stereocenters. The third kappa shape index (κ3) is 10.8. The van der Waals surface area contributed by atoms with E-state index in [4.69, 9.17) is 14.2 Å². The molecule has 1 heterocycles. The van der Waals surface area contributed by atoms with Gasteiger partial charge in [0.1, 0.15) is 18.3 Å². The Morgan fingerprint density at radius 3 is 1.80 bits per heavy atom. The van der Waals surface area contributed by atoms with E-state index in [9.17, 15) is 9.59 Å². The van der Waals surface area contributed by atoms with Crippen molar-refractivity contribution in [3.05, 3.63) is 0 Å². The Balaban J connectivity index is 0.000000361. The topological polar surface area (TPSA) is 65.1 Å². The Labute approximate surface area is 122 Å². The van der Waals surface area contributed by atoms with Crippen molar-refractivity contribution in [2.75, 3.05) is 13.2 Å². The summed E-state index contributed by atoms with van der Waals surface area (Å²) in [5.74, 6) is -0.332. The normalized spacial score (nSPS) is 17.4.